The molecule has 0 bridgehead atoms. The van der Waals surface area contributed by atoms with E-state index in [1.807, 2.05) is 5.38 Å². The first-order valence-corrected chi connectivity index (χ1v) is 5.52. The van der Waals surface area contributed by atoms with Crippen molar-refractivity contribution in [1.82, 2.24) is 9.97 Å². The first-order chi connectivity index (χ1) is 6.90. The summed E-state index contributed by atoms with van der Waals surface area (Å²) in [5.74, 6) is 0. The zero-order chi connectivity index (χ0) is 9.80. The van der Waals surface area contributed by atoms with Gasteiger partial charge in [-0.15, -0.1) is 11.3 Å². The third-order valence-electron chi connectivity index (χ3n) is 1.49. The van der Waals surface area contributed by atoms with E-state index < -0.39 is 0 Å². The first-order valence-electron chi connectivity index (χ1n) is 3.82. The average Bonchev–Trinajstić information content (AvgIpc) is 2.71. The van der Waals surface area contributed by atoms with E-state index in [1.165, 1.54) is 23.1 Å². The van der Waals surface area contributed by atoms with Crippen molar-refractivity contribution < 1.29 is 0 Å². The second-order valence-corrected chi connectivity index (χ2v) is 4.50. The van der Waals surface area contributed by atoms with E-state index in [0.29, 0.717) is 10.6 Å². The summed E-state index contributed by atoms with van der Waals surface area (Å²) in [4.78, 5) is 8.25. The Morgan fingerprint density at radius 2 is 2.29 bits per heavy atom. The molecule has 2 aromatic heterocycles. The zero-order valence-corrected chi connectivity index (χ0v) is 8.68. The number of hydrogen-bond acceptors (Lipinski definition) is 5. The second kappa shape index (κ2) is 4.22. The van der Waals surface area contributed by atoms with Crippen LogP contribution in [0.25, 0.3) is 0 Å². The zero-order valence-electron chi connectivity index (χ0n) is 7.04. The molecule has 0 radical (unpaired) electrons. The molecule has 0 fully saturated rings. The Hall–Kier alpha value is -1.38. The highest BCUT2D eigenvalue weighted by Gasteiger charge is 2.05. The lowest BCUT2D eigenvalue weighted by atomic mass is 10.3. The quantitative estimate of drug-likeness (QED) is 0.778. The van der Waals surface area contributed by atoms with Crippen molar-refractivity contribution in [2.45, 2.75) is 9.37 Å². The third kappa shape index (κ3) is 1.92. The number of thiazole rings is 1. The van der Waals surface area contributed by atoms with Gasteiger partial charge in [-0.2, -0.15) is 5.26 Å². The summed E-state index contributed by atoms with van der Waals surface area (Å²) in [7, 11) is 0. The van der Waals surface area contributed by atoms with E-state index in [-0.39, 0.29) is 0 Å². The molecule has 2 rings (SSSR count). The monoisotopic (exact) mass is 219 g/mol. The topological polar surface area (TPSA) is 49.6 Å². The molecule has 2 heterocycles. The summed E-state index contributed by atoms with van der Waals surface area (Å²) < 4.78 is 0.903. The number of hydrogen-bond donors (Lipinski definition) is 0. The molecule has 14 heavy (non-hydrogen) atoms. The van der Waals surface area contributed by atoms with Crippen LogP contribution in [0.2, 0.25) is 0 Å². The van der Waals surface area contributed by atoms with Crippen LogP contribution in [0.4, 0.5) is 0 Å². The maximum Gasteiger partial charge on any atom is 0.156 e. The third-order valence-corrected chi connectivity index (χ3v) is 3.39. The Morgan fingerprint density at radius 1 is 1.36 bits per heavy atom. The summed E-state index contributed by atoms with van der Waals surface area (Å²) in [5.41, 5.74) is 0.590. The first kappa shape index (κ1) is 9.19. The van der Waals surface area contributed by atoms with E-state index in [9.17, 15) is 0 Å². The molecular weight excluding hydrogens is 214 g/mol. The molecule has 0 amide bonds. The Kier molecular flexibility index (Phi) is 2.77. The lowest BCUT2D eigenvalue weighted by molar-refractivity contribution is 1.10. The number of nitriles is 1. The van der Waals surface area contributed by atoms with Gasteiger partial charge in [0.05, 0.1) is 5.56 Å². The van der Waals surface area contributed by atoms with Crippen molar-refractivity contribution in [3.63, 3.8) is 0 Å². The molecule has 2 aromatic rings. The van der Waals surface area contributed by atoms with Crippen LogP contribution in [0.5, 0.6) is 0 Å². The molecular formula is C9H5N3S2. The van der Waals surface area contributed by atoms with Crippen molar-refractivity contribution in [3.05, 3.63) is 35.5 Å². The van der Waals surface area contributed by atoms with Crippen LogP contribution in [-0.4, -0.2) is 9.97 Å². The summed E-state index contributed by atoms with van der Waals surface area (Å²) in [5, 5.41) is 11.4. The predicted octanol–water partition coefficient (Wildman–Crippen LogP) is 2.56. The molecule has 0 aliphatic carbocycles. The minimum absolute atomic E-state index is 0.590. The molecule has 0 unspecified atom stereocenters. The SMILES string of the molecule is N#Cc1cccnc1Sc1nccs1. The average molecular weight is 219 g/mol. The number of rotatable bonds is 2. The Bertz CT molecular complexity index is 459. The van der Waals surface area contributed by atoms with E-state index >= 15 is 0 Å². The van der Waals surface area contributed by atoms with E-state index in [2.05, 4.69) is 16.0 Å². The van der Waals surface area contributed by atoms with Crippen molar-refractivity contribution in [1.29, 1.82) is 5.26 Å². The minimum Gasteiger partial charge on any atom is -0.248 e. The Balaban J connectivity index is 2.30. The standard InChI is InChI=1S/C9H5N3S2/c10-6-7-2-1-3-11-8(7)14-9-12-4-5-13-9/h1-5H. The van der Waals surface area contributed by atoms with Gasteiger partial charge < -0.3 is 0 Å². The maximum atomic E-state index is 8.83. The Morgan fingerprint density at radius 3 is 3.00 bits per heavy atom. The van der Waals surface area contributed by atoms with Crippen molar-refractivity contribution in [3.8, 4) is 6.07 Å². The van der Waals surface area contributed by atoms with Gasteiger partial charge in [0.25, 0.3) is 0 Å². The predicted molar refractivity (Wildman–Crippen MR) is 55.2 cm³/mol. The highest BCUT2D eigenvalue weighted by molar-refractivity contribution is 8.01. The molecule has 0 aromatic carbocycles. The smallest absolute Gasteiger partial charge is 0.156 e. The highest BCUT2D eigenvalue weighted by atomic mass is 32.2. The van der Waals surface area contributed by atoms with Crippen molar-refractivity contribution in [2.24, 2.45) is 0 Å². The summed E-state index contributed by atoms with van der Waals surface area (Å²) in [6, 6.07) is 5.61. The van der Waals surface area contributed by atoms with E-state index in [1.54, 1.807) is 24.5 Å². The normalized spacial score (nSPS) is 9.64. The summed E-state index contributed by atoms with van der Waals surface area (Å²) >= 11 is 2.96. The Labute approximate surface area is 89.4 Å². The van der Waals surface area contributed by atoms with E-state index in [4.69, 9.17) is 5.26 Å². The molecule has 0 aliphatic rings. The lowest BCUT2D eigenvalue weighted by Gasteiger charge is -1.97. The van der Waals surface area contributed by atoms with Gasteiger partial charge in [-0.3, -0.25) is 0 Å². The molecule has 0 saturated carbocycles. The maximum absolute atomic E-state index is 8.83. The van der Waals surface area contributed by atoms with Crippen LogP contribution >= 0.6 is 23.1 Å². The minimum atomic E-state index is 0.590. The van der Waals surface area contributed by atoms with Gasteiger partial charge in [0.1, 0.15) is 11.1 Å². The number of aromatic nitrogens is 2. The van der Waals surface area contributed by atoms with Crippen LogP contribution in [0.15, 0.2) is 39.3 Å². The van der Waals surface area contributed by atoms with Crippen LogP contribution in [0, 0.1) is 11.3 Å². The van der Waals surface area contributed by atoms with Gasteiger partial charge in [-0.1, -0.05) is 0 Å². The summed E-state index contributed by atoms with van der Waals surface area (Å²) in [6.07, 6.45) is 3.42. The molecule has 0 saturated heterocycles. The van der Waals surface area contributed by atoms with Crippen molar-refractivity contribution in [2.75, 3.05) is 0 Å². The van der Waals surface area contributed by atoms with Gasteiger partial charge >= 0.3 is 0 Å². The largest absolute Gasteiger partial charge is 0.248 e. The van der Waals surface area contributed by atoms with Gasteiger partial charge in [-0.05, 0) is 23.9 Å². The van der Waals surface area contributed by atoms with Gasteiger partial charge in [0, 0.05) is 17.8 Å². The van der Waals surface area contributed by atoms with Crippen molar-refractivity contribution >= 4 is 23.1 Å². The fourth-order valence-corrected chi connectivity index (χ4v) is 2.47. The highest BCUT2D eigenvalue weighted by Crippen LogP contribution is 2.29. The molecule has 0 N–H and O–H groups in total. The van der Waals surface area contributed by atoms with Crippen LogP contribution in [0.1, 0.15) is 5.56 Å². The molecule has 3 nitrogen and oxygen atoms in total. The van der Waals surface area contributed by atoms with Crippen LogP contribution in [-0.2, 0) is 0 Å². The van der Waals surface area contributed by atoms with Gasteiger partial charge in [-0.25, -0.2) is 9.97 Å². The van der Waals surface area contributed by atoms with E-state index in [0.717, 1.165) is 4.34 Å². The lowest BCUT2D eigenvalue weighted by Crippen LogP contribution is -1.84. The molecule has 0 aliphatic heterocycles. The van der Waals surface area contributed by atoms with Gasteiger partial charge in [0.2, 0.25) is 0 Å². The second-order valence-electron chi connectivity index (χ2n) is 2.37. The summed E-state index contributed by atoms with van der Waals surface area (Å²) in [6.45, 7) is 0. The fraction of sp³-hybridized carbons (Fsp3) is 0. The van der Waals surface area contributed by atoms with Gasteiger partial charge in [0.15, 0.2) is 4.34 Å². The molecule has 5 heteroatoms. The molecule has 0 spiro atoms. The number of nitrogens with zero attached hydrogens (tertiary/aromatic N) is 3. The molecule has 68 valence electrons. The fourth-order valence-electron chi connectivity index (χ4n) is 0.901. The van der Waals surface area contributed by atoms with Crippen LogP contribution in [0.3, 0.4) is 0 Å². The number of pyridine rings is 1. The van der Waals surface area contributed by atoms with Crippen LogP contribution < -0.4 is 0 Å². The molecule has 0 atom stereocenters.